The van der Waals surface area contributed by atoms with Crippen LogP contribution in [0, 0.1) is 13.8 Å². The Morgan fingerprint density at radius 2 is 2.04 bits per heavy atom. The molecule has 0 aliphatic carbocycles. The van der Waals surface area contributed by atoms with Gasteiger partial charge >= 0.3 is 5.97 Å². The minimum absolute atomic E-state index is 0.0622. The molecule has 0 fully saturated rings. The average Bonchev–Trinajstić information content (AvgIpc) is 2.90. The number of carbonyl (C=O) groups is 2. The number of ketones is 1. The Bertz CT molecular complexity index is 810. The van der Waals surface area contributed by atoms with Crippen molar-refractivity contribution in [2.24, 2.45) is 0 Å². The summed E-state index contributed by atoms with van der Waals surface area (Å²) < 4.78 is 10.7. The molecule has 132 valence electrons. The molecule has 0 unspecified atom stereocenters. The highest BCUT2D eigenvalue weighted by molar-refractivity contribution is 6.03. The van der Waals surface area contributed by atoms with Gasteiger partial charge in [0.25, 0.3) is 0 Å². The number of hydrogen-bond donors (Lipinski definition) is 1. The first-order valence-electron chi connectivity index (χ1n) is 8.39. The Balaban J connectivity index is 1.83. The molecule has 0 saturated heterocycles. The summed E-state index contributed by atoms with van der Waals surface area (Å²) in [5.41, 5.74) is 3.12. The summed E-state index contributed by atoms with van der Waals surface area (Å²) in [7, 11) is 0. The molecular weight excluding hydrogens is 320 g/mol. The molecule has 25 heavy (non-hydrogen) atoms. The fourth-order valence-corrected chi connectivity index (χ4v) is 3.18. The number of para-hydroxylation sites is 2. The van der Waals surface area contributed by atoms with Crippen LogP contribution in [0.15, 0.2) is 24.3 Å². The minimum Gasteiger partial charge on any atom is -0.490 e. The first kappa shape index (κ1) is 17.1. The second-order valence-corrected chi connectivity index (χ2v) is 6.01. The molecule has 6 nitrogen and oxygen atoms in total. The maximum absolute atomic E-state index is 12.8. The summed E-state index contributed by atoms with van der Waals surface area (Å²) in [6.45, 7) is 7.03. The summed E-state index contributed by atoms with van der Waals surface area (Å²) in [5.74, 6) is 0.325. The topological polar surface area (TPSA) is 71.6 Å². The van der Waals surface area contributed by atoms with Gasteiger partial charge in [-0.3, -0.25) is 4.79 Å². The minimum atomic E-state index is -0.399. The summed E-state index contributed by atoms with van der Waals surface area (Å²) in [6.07, 6.45) is 0. The zero-order chi connectivity index (χ0) is 18.0. The van der Waals surface area contributed by atoms with Gasteiger partial charge in [-0.25, -0.2) is 4.79 Å². The number of ether oxygens (including phenoxy) is 2. The highest BCUT2D eigenvalue weighted by Crippen LogP contribution is 2.31. The molecule has 1 aromatic heterocycles. The second-order valence-electron chi connectivity index (χ2n) is 6.01. The van der Waals surface area contributed by atoms with Crippen LogP contribution in [0.3, 0.4) is 0 Å². The SMILES string of the molecule is CCOC(=O)c1c(C)[nH]c(C(=O)CN2CCOc3ccccc32)c1C. The largest absolute Gasteiger partial charge is 0.490 e. The number of rotatable bonds is 5. The third-order valence-corrected chi connectivity index (χ3v) is 4.36. The van der Waals surface area contributed by atoms with Crippen molar-refractivity contribution < 1.29 is 19.1 Å². The molecule has 1 aromatic carbocycles. The van der Waals surface area contributed by atoms with Crippen molar-refractivity contribution in [2.45, 2.75) is 20.8 Å². The number of nitrogens with zero attached hydrogens (tertiary/aromatic N) is 1. The van der Waals surface area contributed by atoms with Gasteiger partial charge in [-0.1, -0.05) is 12.1 Å². The first-order valence-corrected chi connectivity index (χ1v) is 8.39. The highest BCUT2D eigenvalue weighted by Gasteiger charge is 2.25. The first-order chi connectivity index (χ1) is 12.0. The van der Waals surface area contributed by atoms with Gasteiger partial charge in [0.15, 0.2) is 5.78 Å². The quantitative estimate of drug-likeness (QED) is 0.668. The predicted octanol–water partition coefficient (Wildman–Crippen LogP) is 2.89. The number of hydrogen-bond acceptors (Lipinski definition) is 5. The van der Waals surface area contributed by atoms with Crippen LogP contribution in [0.25, 0.3) is 0 Å². The van der Waals surface area contributed by atoms with Gasteiger partial charge < -0.3 is 19.4 Å². The van der Waals surface area contributed by atoms with Crippen LogP contribution in [-0.2, 0) is 4.74 Å². The summed E-state index contributed by atoms with van der Waals surface area (Å²) in [6, 6.07) is 7.68. The van der Waals surface area contributed by atoms with E-state index in [1.165, 1.54) is 0 Å². The zero-order valence-electron chi connectivity index (χ0n) is 14.7. The number of aromatic amines is 1. The van der Waals surface area contributed by atoms with E-state index in [4.69, 9.17) is 9.47 Å². The second kappa shape index (κ2) is 7.01. The Morgan fingerprint density at radius 1 is 1.28 bits per heavy atom. The van der Waals surface area contributed by atoms with E-state index in [0.29, 0.717) is 42.3 Å². The van der Waals surface area contributed by atoms with Gasteiger partial charge in [0, 0.05) is 5.69 Å². The summed E-state index contributed by atoms with van der Waals surface area (Å²) in [4.78, 5) is 30.0. The van der Waals surface area contributed by atoms with Crippen molar-refractivity contribution in [3.05, 3.63) is 46.8 Å². The van der Waals surface area contributed by atoms with Gasteiger partial charge in [0.05, 0.1) is 36.6 Å². The maximum Gasteiger partial charge on any atom is 0.340 e. The van der Waals surface area contributed by atoms with E-state index in [0.717, 1.165) is 11.4 Å². The number of fused-ring (bicyclic) bond motifs is 1. The Morgan fingerprint density at radius 3 is 2.80 bits per heavy atom. The van der Waals surface area contributed by atoms with Crippen LogP contribution in [0.5, 0.6) is 5.75 Å². The molecule has 0 radical (unpaired) electrons. The Hall–Kier alpha value is -2.76. The average molecular weight is 342 g/mol. The number of H-pyrrole nitrogens is 1. The van der Waals surface area contributed by atoms with Gasteiger partial charge in [-0.05, 0) is 38.5 Å². The van der Waals surface area contributed by atoms with Gasteiger partial charge in [-0.15, -0.1) is 0 Å². The molecule has 0 spiro atoms. The fourth-order valence-electron chi connectivity index (χ4n) is 3.18. The molecule has 1 N–H and O–H groups in total. The lowest BCUT2D eigenvalue weighted by atomic mass is 10.1. The van der Waals surface area contributed by atoms with E-state index >= 15 is 0 Å². The number of benzene rings is 1. The molecule has 0 atom stereocenters. The van der Waals surface area contributed by atoms with E-state index in [1.807, 2.05) is 29.2 Å². The Labute approximate surface area is 146 Å². The van der Waals surface area contributed by atoms with Crippen LogP contribution >= 0.6 is 0 Å². The Kier molecular flexibility index (Phi) is 4.79. The summed E-state index contributed by atoms with van der Waals surface area (Å²) in [5, 5.41) is 0. The van der Waals surface area contributed by atoms with E-state index in [9.17, 15) is 9.59 Å². The standard InChI is InChI=1S/C19H22N2O4/c1-4-24-19(23)17-12(2)18(20-13(17)3)15(22)11-21-9-10-25-16-8-6-5-7-14(16)21/h5-8,20H,4,9-11H2,1-3H3. The molecule has 1 aliphatic rings. The van der Waals surface area contributed by atoms with Crippen LogP contribution < -0.4 is 9.64 Å². The molecule has 0 amide bonds. The molecule has 1 aliphatic heterocycles. The fraction of sp³-hybridized carbons (Fsp3) is 0.368. The third-order valence-electron chi connectivity index (χ3n) is 4.36. The van der Waals surface area contributed by atoms with Crippen molar-refractivity contribution in [2.75, 3.05) is 31.2 Å². The molecular formula is C19H22N2O4. The van der Waals surface area contributed by atoms with Crippen LogP contribution in [0.4, 0.5) is 5.69 Å². The highest BCUT2D eigenvalue weighted by atomic mass is 16.5. The van der Waals surface area contributed by atoms with Gasteiger partial charge in [0.2, 0.25) is 0 Å². The number of aryl methyl sites for hydroxylation is 1. The number of aromatic nitrogens is 1. The number of nitrogens with one attached hydrogen (secondary N) is 1. The van der Waals surface area contributed by atoms with E-state index in [2.05, 4.69) is 4.98 Å². The predicted molar refractivity (Wildman–Crippen MR) is 94.7 cm³/mol. The monoisotopic (exact) mass is 342 g/mol. The van der Waals surface area contributed by atoms with Gasteiger partial charge in [0.1, 0.15) is 12.4 Å². The lowest BCUT2D eigenvalue weighted by Crippen LogP contribution is -2.37. The van der Waals surface area contributed by atoms with E-state index in [1.54, 1.807) is 20.8 Å². The van der Waals surface area contributed by atoms with Crippen molar-refractivity contribution in [3.8, 4) is 5.75 Å². The van der Waals surface area contributed by atoms with Crippen LogP contribution in [-0.4, -0.2) is 43.0 Å². The van der Waals surface area contributed by atoms with Crippen molar-refractivity contribution >= 4 is 17.4 Å². The van der Waals surface area contributed by atoms with Crippen LogP contribution in [0.1, 0.15) is 39.0 Å². The third kappa shape index (κ3) is 3.24. The molecule has 6 heteroatoms. The number of Topliss-reactive ketones (excluding diaryl/α,β-unsaturated/α-hetero) is 1. The van der Waals surface area contributed by atoms with E-state index < -0.39 is 5.97 Å². The summed E-state index contributed by atoms with van der Waals surface area (Å²) >= 11 is 0. The number of esters is 1. The number of carbonyl (C=O) groups excluding carboxylic acids is 2. The molecule has 0 saturated carbocycles. The molecule has 2 heterocycles. The van der Waals surface area contributed by atoms with Crippen molar-refractivity contribution in [1.82, 2.24) is 4.98 Å². The van der Waals surface area contributed by atoms with Crippen molar-refractivity contribution in [1.29, 1.82) is 0 Å². The molecule has 2 aromatic rings. The lowest BCUT2D eigenvalue weighted by molar-refractivity contribution is 0.0525. The lowest BCUT2D eigenvalue weighted by Gasteiger charge is -2.30. The normalized spacial score (nSPS) is 13.2. The van der Waals surface area contributed by atoms with E-state index in [-0.39, 0.29) is 12.3 Å². The zero-order valence-corrected chi connectivity index (χ0v) is 14.7. The van der Waals surface area contributed by atoms with Crippen LogP contribution in [0.2, 0.25) is 0 Å². The smallest absolute Gasteiger partial charge is 0.340 e. The maximum atomic E-state index is 12.8. The van der Waals surface area contributed by atoms with Crippen molar-refractivity contribution in [3.63, 3.8) is 0 Å². The molecule has 3 rings (SSSR count). The van der Waals surface area contributed by atoms with Gasteiger partial charge in [-0.2, -0.15) is 0 Å². The molecule has 0 bridgehead atoms. The number of anilines is 1.